The molecule has 3 heteroatoms. The monoisotopic (exact) mass is 172 g/mol. The minimum absolute atomic E-state index is 0.914. The fourth-order valence-electron chi connectivity index (χ4n) is 1.22. The van der Waals surface area contributed by atoms with Gasteiger partial charge in [-0.15, -0.1) is 5.10 Å². The Morgan fingerprint density at radius 1 is 1.15 bits per heavy atom. The summed E-state index contributed by atoms with van der Waals surface area (Å²) in [6.07, 6.45) is 4.71. The summed E-state index contributed by atoms with van der Waals surface area (Å²) < 4.78 is 0. The molecule has 1 N–H and O–H groups in total. The highest BCUT2D eigenvalue weighted by molar-refractivity contribution is 5.15. The van der Waals surface area contributed by atoms with Crippen molar-refractivity contribution in [3.05, 3.63) is 47.8 Å². The Bertz CT molecular complexity index is 340. The average molecular weight is 172 g/mol. The molecule has 1 aromatic heterocycles. The van der Waals surface area contributed by atoms with Crippen molar-refractivity contribution in [3.63, 3.8) is 0 Å². The van der Waals surface area contributed by atoms with Gasteiger partial charge in [0.05, 0.1) is 5.69 Å². The van der Waals surface area contributed by atoms with Crippen molar-refractivity contribution in [1.82, 2.24) is 15.4 Å². The Labute approximate surface area is 76.8 Å². The van der Waals surface area contributed by atoms with E-state index < -0.39 is 0 Å². The maximum Gasteiger partial charge on any atom is 0.138 e. The number of H-pyrrole nitrogens is 1. The van der Waals surface area contributed by atoms with Crippen molar-refractivity contribution in [2.45, 2.75) is 12.8 Å². The molecule has 1 aromatic carbocycles. The van der Waals surface area contributed by atoms with E-state index in [0.717, 1.165) is 18.5 Å². The zero-order valence-electron chi connectivity index (χ0n) is 7.20. The standard InChI is InChI=1S/C10H10N3/c1-2-4-9(5-3-1)6-7-10-8-11-13-12-10/h1-5H,6-7H2,(H,11,12,13). The van der Waals surface area contributed by atoms with Gasteiger partial charge < -0.3 is 0 Å². The van der Waals surface area contributed by atoms with Gasteiger partial charge in [0.15, 0.2) is 0 Å². The van der Waals surface area contributed by atoms with Crippen LogP contribution in [0.3, 0.4) is 0 Å². The number of rotatable bonds is 3. The molecule has 0 amide bonds. The van der Waals surface area contributed by atoms with Crippen LogP contribution < -0.4 is 0 Å². The lowest BCUT2D eigenvalue weighted by atomic mass is 10.1. The molecule has 3 nitrogen and oxygen atoms in total. The highest BCUT2D eigenvalue weighted by atomic mass is 15.3. The largest absolute Gasteiger partial charge is 0.262 e. The first-order chi connectivity index (χ1) is 6.45. The topological polar surface area (TPSA) is 41.6 Å². The number of aromatic nitrogens is 3. The summed E-state index contributed by atoms with van der Waals surface area (Å²) in [7, 11) is 0. The maximum absolute atomic E-state index is 3.60. The third-order valence-corrected chi connectivity index (χ3v) is 1.93. The molecule has 2 rings (SSSR count). The predicted octanol–water partition coefficient (Wildman–Crippen LogP) is 1.39. The van der Waals surface area contributed by atoms with Gasteiger partial charge in [-0.05, 0) is 18.4 Å². The lowest BCUT2D eigenvalue weighted by Gasteiger charge is -1.97. The van der Waals surface area contributed by atoms with Crippen molar-refractivity contribution in [1.29, 1.82) is 0 Å². The van der Waals surface area contributed by atoms with Crippen LogP contribution in [0, 0.1) is 6.20 Å². The fraction of sp³-hybridized carbons (Fsp3) is 0.200. The summed E-state index contributed by atoms with van der Waals surface area (Å²) in [5.41, 5.74) is 2.29. The molecule has 13 heavy (non-hydrogen) atoms. The summed E-state index contributed by atoms with van der Waals surface area (Å²) in [5, 5.41) is 10.00. The number of benzene rings is 1. The van der Waals surface area contributed by atoms with Gasteiger partial charge in [0.25, 0.3) is 0 Å². The van der Waals surface area contributed by atoms with Crippen LogP contribution in [0.1, 0.15) is 11.3 Å². The van der Waals surface area contributed by atoms with E-state index in [1.807, 2.05) is 18.2 Å². The van der Waals surface area contributed by atoms with Gasteiger partial charge in [-0.2, -0.15) is 0 Å². The third-order valence-electron chi connectivity index (χ3n) is 1.93. The van der Waals surface area contributed by atoms with Crippen LogP contribution in [-0.2, 0) is 12.8 Å². The number of nitrogens with zero attached hydrogens (tertiary/aromatic N) is 2. The van der Waals surface area contributed by atoms with Crippen LogP contribution >= 0.6 is 0 Å². The van der Waals surface area contributed by atoms with Gasteiger partial charge in [0.1, 0.15) is 6.20 Å². The van der Waals surface area contributed by atoms with Crippen molar-refractivity contribution >= 4 is 0 Å². The fourth-order valence-corrected chi connectivity index (χ4v) is 1.22. The van der Waals surface area contributed by atoms with Crippen LogP contribution in [0.4, 0.5) is 0 Å². The first kappa shape index (κ1) is 7.98. The number of nitrogens with one attached hydrogen (secondary N) is 1. The Hall–Kier alpha value is -1.64. The number of hydrogen-bond acceptors (Lipinski definition) is 2. The van der Waals surface area contributed by atoms with E-state index >= 15 is 0 Å². The Kier molecular flexibility index (Phi) is 2.36. The molecule has 65 valence electrons. The molecular formula is C10H10N3. The number of aromatic amines is 1. The van der Waals surface area contributed by atoms with Crippen LogP contribution in [-0.4, -0.2) is 15.4 Å². The van der Waals surface area contributed by atoms with E-state index in [4.69, 9.17) is 0 Å². The Morgan fingerprint density at radius 2 is 2.00 bits per heavy atom. The lowest BCUT2D eigenvalue weighted by Crippen LogP contribution is -1.91. The smallest absolute Gasteiger partial charge is 0.138 e. The second-order valence-corrected chi connectivity index (χ2v) is 2.89. The lowest BCUT2D eigenvalue weighted by molar-refractivity contribution is 0.871. The minimum atomic E-state index is 0.914. The first-order valence-electron chi connectivity index (χ1n) is 4.27. The molecule has 0 saturated heterocycles. The van der Waals surface area contributed by atoms with Gasteiger partial charge in [0, 0.05) is 0 Å². The summed E-state index contributed by atoms with van der Waals surface area (Å²) >= 11 is 0. The highest BCUT2D eigenvalue weighted by Crippen LogP contribution is 2.02. The summed E-state index contributed by atoms with van der Waals surface area (Å²) in [6, 6.07) is 10.3. The number of aryl methyl sites for hydroxylation is 2. The molecule has 0 aliphatic carbocycles. The van der Waals surface area contributed by atoms with Crippen LogP contribution in [0.15, 0.2) is 30.3 Å². The maximum atomic E-state index is 3.60. The molecule has 0 spiro atoms. The van der Waals surface area contributed by atoms with Crippen LogP contribution in [0.25, 0.3) is 0 Å². The molecule has 0 bridgehead atoms. The average Bonchev–Trinajstić information content (AvgIpc) is 2.69. The van der Waals surface area contributed by atoms with Crippen molar-refractivity contribution in [2.75, 3.05) is 0 Å². The predicted molar refractivity (Wildman–Crippen MR) is 49.1 cm³/mol. The molecule has 0 unspecified atom stereocenters. The zero-order valence-corrected chi connectivity index (χ0v) is 7.20. The SMILES string of the molecule is [c]1nn[nH]c1CCc1ccccc1. The Morgan fingerprint density at radius 3 is 2.69 bits per heavy atom. The highest BCUT2D eigenvalue weighted by Gasteiger charge is 1.96. The quantitative estimate of drug-likeness (QED) is 0.760. The summed E-state index contributed by atoms with van der Waals surface area (Å²) in [5.74, 6) is 0. The van der Waals surface area contributed by atoms with Gasteiger partial charge in [-0.25, -0.2) is 0 Å². The van der Waals surface area contributed by atoms with Gasteiger partial charge in [-0.1, -0.05) is 35.5 Å². The second-order valence-electron chi connectivity index (χ2n) is 2.89. The van der Waals surface area contributed by atoms with E-state index in [-0.39, 0.29) is 0 Å². The van der Waals surface area contributed by atoms with E-state index in [0.29, 0.717) is 0 Å². The Balaban J connectivity index is 1.94. The van der Waals surface area contributed by atoms with Crippen LogP contribution in [0.2, 0.25) is 0 Å². The van der Waals surface area contributed by atoms with E-state index in [1.54, 1.807) is 0 Å². The molecule has 1 radical (unpaired) electrons. The van der Waals surface area contributed by atoms with Crippen LogP contribution in [0.5, 0.6) is 0 Å². The molecule has 2 aromatic rings. The molecule has 0 aliphatic rings. The molecule has 0 aliphatic heterocycles. The molecular weight excluding hydrogens is 162 g/mol. The molecule has 0 saturated carbocycles. The zero-order chi connectivity index (χ0) is 8.93. The van der Waals surface area contributed by atoms with Crippen molar-refractivity contribution in [2.24, 2.45) is 0 Å². The number of hydrogen-bond donors (Lipinski definition) is 1. The van der Waals surface area contributed by atoms with Crippen molar-refractivity contribution < 1.29 is 0 Å². The van der Waals surface area contributed by atoms with Gasteiger partial charge >= 0.3 is 0 Å². The second kappa shape index (κ2) is 3.85. The molecule has 0 fully saturated rings. The molecule has 1 heterocycles. The van der Waals surface area contributed by atoms with E-state index in [9.17, 15) is 0 Å². The van der Waals surface area contributed by atoms with Crippen molar-refractivity contribution in [3.8, 4) is 0 Å². The first-order valence-corrected chi connectivity index (χ1v) is 4.27. The van der Waals surface area contributed by atoms with Gasteiger partial charge in [-0.3, -0.25) is 5.10 Å². The van der Waals surface area contributed by atoms with E-state index in [2.05, 4.69) is 33.7 Å². The third kappa shape index (κ3) is 2.15. The summed E-state index contributed by atoms with van der Waals surface area (Å²) in [4.78, 5) is 0. The normalized spacial score (nSPS) is 10.2. The summed E-state index contributed by atoms with van der Waals surface area (Å²) in [6.45, 7) is 0. The molecule has 0 atom stereocenters. The van der Waals surface area contributed by atoms with E-state index in [1.165, 1.54) is 5.56 Å². The minimum Gasteiger partial charge on any atom is -0.262 e. The van der Waals surface area contributed by atoms with Gasteiger partial charge in [0.2, 0.25) is 0 Å².